The fourth-order valence-electron chi connectivity index (χ4n) is 1.72. The molecule has 0 atom stereocenters. The van der Waals surface area contributed by atoms with Crippen LogP contribution in [0.1, 0.15) is 20.8 Å². The van der Waals surface area contributed by atoms with Crippen molar-refractivity contribution in [3.63, 3.8) is 0 Å². The Morgan fingerprint density at radius 3 is 2.45 bits per heavy atom. The lowest BCUT2D eigenvalue weighted by Crippen LogP contribution is -2.19. The molecular formula is C15H16N2O2S. The lowest BCUT2D eigenvalue weighted by molar-refractivity contribution is -0.119. The van der Waals surface area contributed by atoms with Crippen LogP contribution >= 0.6 is 11.3 Å². The molecule has 0 bridgehead atoms. The molecule has 2 aromatic rings. The van der Waals surface area contributed by atoms with E-state index in [2.05, 4.69) is 10.6 Å². The van der Waals surface area contributed by atoms with E-state index in [0.717, 1.165) is 16.8 Å². The number of nitrogens with one attached hydrogen (secondary N) is 2. The van der Waals surface area contributed by atoms with E-state index >= 15 is 0 Å². The summed E-state index contributed by atoms with van der Waals surface area (Å²) in [7, 11) is 1.61. The summed E-state index contributed by atoms with van der Waals surface area (Å²) in [5.74, 6) is -0.141. The van der Waals surface area contributed by atoms with E-state index < -0.39 is 0 Å². The van der Waals surface area contributed by atoms with E-state index in [9.17, 15) is 9.59 Å². The van der Waals surface area contributed by atoms with E-state index in [4.69, 9.17) is 0 Å². The monoisotopic (exact) mass is 288 g/mol. The number of rotatable bonds is 4. The zero-order valence-corrected chi connectivity index (χ0v) is 12.2. The van der Waals surface area contributed by atoms with Crippen molar-refractivity contribution in [3.05, 3.63) is 51.7 Å². The molecule has 1 aromatic carbocycles. The van der Waals surface area contributed by atoms with Gasteiger partial charge in [-0.05, 0) is 41.6 Å². The highest BCUT2D eigenvalue weighted by molar-refractivity contribution is 7.12. The minimum Gasteiger partial charge on any atom is -0.359 e. The molecule has 0 aliphatic rings. The fraction of sp³-hybridized carbons (Fsp3) is 0.200. The molecule has 0 aliphatic carbocycles. The maximum atomic E-state index is 12.0. The number of benzene rings is 1. The Morgan fingerprint density at radius 1 is 1.20 bits per heavy atom. The third kappa shape index (κ3) is 3.68. The van der Waals surface area contributed by atoms with Gasteiger partial charge in [0.05, 0.1) is 11.3 Å². The van der Waals surface area contributed by atoms with Crippen molar-refractivity contribution in [3.8, 4) is 0 Å². The average molecular weight is 288 g/mol. The molecule has 0 unspecified atom stereocenters. The van der Waals surface area contributed by atoms with Crippen LogP contribution < -0.4 is 10.6 Å². The van der Waals surface area contributed by atoms with Crippen molar-refractivity contribution in [2.75, 3.05) is 12.4 Å². The van der Waals surface area contributed by atoms with Gasteiger partial charge in [-0.1, -0.05) is 12.1 Å². The largest absolute Gasteiger partial charge is 0.359 e. The summed E-state index contributed by atoms with van der Waals surface area (Å²) in [4.78, 5) is 23.9. The minimum absolute atomic E-state index is 0.0316. The molecule has 1 heterocycles. The van der Waals surface area contributed by atoms with Crippen LogP contribution in [0.3, 0.4) is 0 Å². The molecule has 0 radical (unpaired) electrons. The summed E-state index contributed by atoms with van der Waals surface area (Å²) in [5, 5.41) is 7.36. The number of carbonyl (C=O) groups excluding carboxylic acids is 2. The minimum atomic E-state index is -0.109. The summed E-state index contributed by atoms with van der Waals surface area (Å²) < 4.78 is 0. The molecular weight excluding hydrogens is 272 g/mol. The Hall–Kier alpha value is -2.14. The van der Waals surface area contributed by atoms with Crippen LogP contribution in [0.25, 0.3) is 0 Å². The number of thiophene rings is 1. The Kier molecular flexibility index (Phi) is 4.53. The van der Waals surface area contributed by atoms with E-state index in [-0.39, 0.29) is 11.8 Å². The Morgan fingerprint density at radius 2 is 1.90 bits per heavy atom. The van der Waals surface area contributed by atoms with Crippen LogP contribution in [0.4, 0.5) is 5.69 Å². The molecule has 2 N–H and O–H groups in total. The Balaban J connectivity index is 2.00. The van der Waals surface area contributed by atoms with Gasteiger partial charge in [-0.2, -0.15) is 0 Å². The molecule has 0 saturated carbocycles. The molecule has 0 aliphatic heterocycles. The van der Waals surface area contributed by atoms with Gasteiger partial charge in [-0.15, -0.1) is 11.3 Å². The van der Waals surface area contributed by atoms with Gasteiger partial charge in [-0.25, -0.2) is 0 Å². The molecule has 104 valence electrons. The van der Waals surface area contributed by atoms with Crippen molar-refractivity contribution in [2.24, 2.45) is 0 Å². The Bertz CT molecular complexity index is 617. The average Bonchev–Trinajstić information content (AvgIpc) is 2.87. The normalized spacial score (nSPS) is 10.1. The maximum Gasteiger partial charge on any atom is 0.265 e. The fourth-order valence-corrected chi connectivity index (χ4v) is 2.52. The maximum absolute atomic E-state index is 12.0. The van der Waals surface area contributed by atoms with E-state index in [0.29, 0.717) is 11.3 Å². The molecule has 0 spiro atoms. The van der Waals surface area contributed by atoms with Gasteiger partial charge < -0.3 is 10.6 Å². The number of hydrogen-bond acceptors (Lipinski definition) is 3. The summed E-state index contributed by atoms with van der Waals surface area (Å²) in [6.45, 7) is 1.96. The smallest absolute Gasteiger partial charge is 0.265 e. The van der Waals surface area contributed by atoms with Crippen LogP contribution in [-0.2, 0) is 11.2 Å². The first-order valence-electron chi connectivity index (χ1n) is 6.24. The summed E-state index contributed by atoms with van der Waals surface area (Å²) in [6, 6.07) is 9.14. The van der Waals surface area contributed by atoms with Crippen LogP contribution in [0.5, 0.6) is 0 Å². The number of carbonyl (C=O) groups is 2. The lowest BCUT2D eigenvalue weighted by atomic mass is 10.1. The summed E-state index contributed by atoms with van der Waals surface area (Å²) >= 11 is 1.43. The van der Waals surface area contributed by atoms with Crippen LogP contribution in [-0.4, -0.2) is 18.9 Å². The highest BCUT2D eigenvalue weighted by atomic mass is 32.1. The van der Waals surface area contributed by atoms with E-state index in [1.807, 2.05) is 30.5 Å². The van der Waals surface area contributed by atoms with Gasteiger partial charge in [0.15, 0.2) is 0 Å². The second kappa shape index (κ2) is 6.34. The first-order chi connectivity index (χ1) is 9.58. The lowest BCUT2D eigenvalue weighted by Gasteiger charge is -2.05. The molecule has 0 saturated heterocycles. The molecule has 5 heteroatoms. The number of aryl methyl sites for hydroxylation is 1. The Labute approximate surface area is 121 Å². The third-order valence-corrected chi connectivity index (χ3v) is 3.86. The summed E-state index contributed by atoms with van der Waals surface area (Å²) in [5.41, 5.74) is 2.72. The van der Waals surface area contributed by atoms with Gasteiger partial charge in [0.1, 0.15) is 0 Å². The standard InChI is InChI=1S/C15H16N2O2S/c1-10-7-13(20-9-10)15(19)17-12-5-3-11(4-6-12)8-14(18)16-2/h3-7,9H,8H2,1-2H3,(H,16,18)(H,17,19). The molecule has 4 nitrogen and oxygen atoms in total. The van der Waals surface area contributed by atoms with Crippen molar-refractivity contribution in [2.45, 2.75) is 13.3 Å². The zero-order valence-electron chi connectivity index (χ0n) is 11.4. The van der Waals surface area contributed by atoms with Gasteiger partial charge >= 0.3 is 0 Å². The van der Waals surface area contributed by atoms with Gasteiger partial charge in [0.25, 0.3) is 5.91 Å². The quantitative estimate of drug-likeness (QED) is 0.908. The van der Waals surface area contributed by atoms with E-state index in [1.165, 1.54) is 11.3 Å². The predicted octanol–water partition coefficient (Wildman–Crippen LogP) is 2.60. The molecule has 2 amide bonds. The molecule has 20 heavy (non-hydrogen) atoms. The SMILES string of the molecule is CNC(=O)Cc1ccc(NC(=O)c2cc(C)cs2)cc1. The number of hydrogen-bond donors (Lipinski definition) is 2. The van der Waals surface area contributed by atoms with Crippen molar-refractivity contribution >= 4 is 28.8 Å². The van der Waals surface area contributed by atoms with Gasteiger partial charge in [-0.3, -0.25) is 9.59 Å². The highest BCUT2D eigenvalue weighted by Crippen LogP contribution is 2.16. The van der Waals surface area contributed by atoms with Crippen LogP contribution in [0.2, 0.25) is 0 Å². The van der Waals surface area contributed by atoms with Gasteiger partial charge in [0.2, 0.25) is 5.91 Å². The van der Waals surface area contributed by atoms with E-state index in [1.54, 1.807) is 19.2 Å². The second-order valence-electron chi connectivity index (χ2n) is 4.49. The molecule has 1 aromatic heterocycles. The summed E-state index contributed by atoms with van der Waals surface area (Å²) in [6.07, 6.45) is 0.342. The second-order valence-corrected chi connectivity index (χ2v) is 5.40. The zero-order chi connectivity index (χ0) is 14.5. The number of anilines is 1. The highest BCUT2D eigenvalue weighted by Gasteiger charge is 2.08. The van der Waals surface area contributed by atoms with Crippen molar-refractivity contribution in [1.29, 1.82) is 0 Å². The molecule has 0 fully saturated rings. The predicted molar refractivity (Wildman–Crippen MR) is 81.2 cm³/mol. The molecule has 2 rings (SSSR count). The first-order valence-corrected chi connectivity index (χ1v) is 7.12. The van der Waals surface area contributed by atoms with Crippen molar-refractivity contribution in [1.82, 2.24) is 5.32 Å². The van der Waals surface area contributed by atoms with Gasteiger partial charge in [0, 0.05) is 12.7 Å². The number of likely N-dealkylation sites (N-methyl/N-ethyl adjacent to an activating group) is 1. The number of amides is 2. The van der Waals surface area contributed by atoms with Crippen LogP contribution in [0, 0.1) is 6.92 Å². The topological polar surface area (TPSA) is 58.2 Å². The van der Waals surface area contributed by atoms with Crippen molar-refractivity contribution < 1.29 is 9.59 Å². The first kappa shape index (κ1) is 14.3. The third-order valence-electron chi connectivity index (χ3n) is 2.81. The van der Waals surface area contributed by atoms with Crippen LogP contribution in [0.15, 0.2) is 35.7 Å².